The Bertz CT molecular complexity index is 1160. The molecular weight excluding hydrogens is 420 g/mol. The average molecular weight is 444 g/mol. The fourth-order valence-electron chi connectivity index (χ4n) is 4.43. The first-order valence-corrected chi connectivity index (χ1v) is 11.0. The number of benzene rings is 3. The first-order chi connectivity index (χ1) is 16.1. The van der Waals surface area contributed by atoms with E-state index in [-0.39, 0.29) is 11.7 Å². The molecule has 0 aliphatic carbocycles. The van der Waals surface area contributed by atoms with Gasteiger partial charge in [0.05, 0.1) is 24.0 Å². The van der Waals surface area contributed by atoms with Crippen molar-refractivity contribution in [2.24, 2.45) is 5.92 Å². The SMILES string of the molecule is CCCOc1ccc(N2C(=O)[C@@H]3[C@H](ON(c4ccccc4)[C@@H]3c3cccc(O)c3)C2=O)cc1. The first kappa shape index (κ1) is 21.0. The second-order valence-corrected chi connectivity index (χ2v) is 8.11. The van der Waals surface area contributed by atoms with Crippen molar-refractivity contribution in [2.75, 3.05) is 16.6 Å². The lowest BCUT2D eigenvalue weighted by molar-refractivity contribution is -0.126. The Morgan fingerprint density at radius 2 is 1.67 bits per heavy atom. The lowest BCUT2D eigenvalue weighted by atomic mass is 9.90. The Morgan fingerprint density at radius 1 is 0.909 bits per heavy atom. The number of carbonyl (C=O) groups excluding carboxylic acids is 2. The third-order valence-corrected chi connectivity index (χ3v) is 5.91. The molecule has 7 nitrogen and oxygen atoms in total. The Balaban J connectivity index is 1.50. The summed E-state index contributed by atoms with van der Waals surface area (Å²) >= 11 is 0. The van der Waals surface area contributed by atoms with Crippen LogP contribution in [0.3, 0.4) is 0 Å². The summed E-state index contributed by atoms with van der Waals surface area (Å²) in [6, 6.07) is 22.4. The highest BCUT2D eigenvalue weighted by atomic mass is 16.7. The van der Waals surface area contributed by atoms with Crippen molar-refractivity contribution in [2.45, 2.75) is 25.5 Å². The minimum Gasteiger partial charge on any atom is -0.508 e. The summed E-state index contributed by atoms with van der Waals surface area (Å²) in [7, 11) is 0. The second kappa shape index (κ2) is 8.60. The first-order valence-electron chi connectivity index (χ1n) is 11.0. The van der Waals surface area contributed by atoms with Crippen LogP contribution in [0.25, 0.3) is 0 Å². The van der Waals surface area contributed by atoms with Crippen LogP contribution >= 0.6 is 0 Å². The molecule has 0 unspecified atom stereocenters. The molecule has 2 fully saturated rings. The molecule has 2 aliphatic rings. The maximum absolute atomic E-state index is 13.6. The maximum atomic E-state index is 13.6. The fraction of sp³-hybridized carbons (Fsp3) is 0.231. The number of phenolic OH excluding ortho intramolecular Hbond substituents is 1. The highest BCUT2D eigenvalue weighted by Gasteiger charge is 2.60. The summed E-state index contributed by atoms with van der Waals surface area (Å²) in [6.45, 7) is 2.62. The van der Waals surface area contributed by atoms with Crippen LogP contribution in [0.4, 0.5) is 11.4 Å². The summed E-state index contributed by atoms with van der Waals surface area (Å²) in [5, 5.41) is 11.7. The number of fused-ring (bicyclic) bond motifs is 1. The number of rotatable bonds is 6. The van der Waals surface area contributed by atoms with Gasteiger partial charge in [-0.3, -0.25) is 14.4 Å². The third kappa shape index (κ3) is 3.70. The molecule has 7 heteroatoms. The Morgan fingerprint density at radius 3 is 2.36 bits per heavy atom. The van der Waals surface area contributed by atoms with Gasteiger partial charge in [0.15, 0.2) is 6.10 Å². The smallest absolute Gasteiger partial charge is 0.266 e. The molecule has 168 valence electrons. The molecule has 2 heterocycles. The highest BCUT2D eigenvalue weighted by molar-refractivity contribution is 6.23. The summed E-state index contributed by atoms with van der Waals surface area (Å²) in [5.74, 6) is -0.727. The molecule has 5 rings (SSSR count). The van der Waals surface area contributed by atoms with Crippen molar-refractivity contribution < 1.29 is 24.3 Å². The molecule has 3 aromatic rings. The van der Waals surface area contributed by atoms with Crippen molar-refractivity contribution in [3.63, 3.8) is 0 Å². The number of imide groups is 1. The van der Waals surface area contributed by atoms with Crippen LogP contribution in [0.2, 0.25) is 0 Å². The molecule has 33 heavy (non-hydrogen) atoms. The van der Waals surface area contributed by atoms with E-state index in [4.69, 9.17) is 9.57 Å². The number of hydroxylamine groups is 1. The van der Waals surface area contributed by atoms with Gasteiger partial charge < -0.3 is 9.84 Å². The Labute approximate surface area is 191 Å². The van der Waals surface area contributed by atoms with Gasteiger partial charge in [0.1, 0.15) is 17.4 Å². The monoisotopic (exact) mass is 444 g/mol. The Hall–Kier alpha value is -3.84. The number of amides is 2. The average Bonchev–Trinajstić information content (AvgIpc) is 3.35. The molecule has 2 saturated heterocycles. The number of ether oxygens (including phenoxy) is 1. The van der Waals surface area contributed by atoms with E-state index in [1.165, 1.54) is 4.90 Å². The molecule has 0 bridgehead atoms. The van der Waals surface area contributed by atoms with Gasteiger partial charge in [-0.1, -0.05) is 37.3 Å². The van der Waals surface area contributed by atoms with Gasteiger partial charge in [-0.15, -0.1) is 0 Å². The van der Waals surface area contributed by atoms with Gasteiger partial charge in [0.2, 0.25) is 5.91 Å². The van der Waals surface area contributed by atoms with Crippen LogP contribution in [-0.4, -0.2) is 29.6 Å². The molecule has 2 aliphatic heterocycles. The predicted octanol–water partition coefficient (Wildman–Crippen LogP) is 4.23. The number of nitrogens with zero attached hydrogens (tertiary/aromatic N) is 2. The van der Waals surface area contributed by atoms with Crippen LogP contribution in [-0.2, 0) is 14.4 Å². The fourth-order valence-corrected chi connectivity index (χ4v) is 4.43. The van der Waals surface area contributed by atoms with E-state index in [2.05, 4.69) is 0 Å². The lowest BCUT2D eigenvalue weighted by Crippen LogP contribution is -2.37. The molecular formula is C26H24N2O5. The van der Waals surface area contributed by atoms with Crippen LogP contribution in [0.15, 0.2) is 78.9 Å². The normalized spacial score (nSPS) is 22.0. The second-order valence-electron chi connectivity index (χ2n) is 8.11. The lowest BCUT2D eigenvalue weighted by Gasteiger charge is -2.28. The van der Waals surface area contributed by atoms with Gasteiger partial charge in [-0.05, 0) is 60.5 Å². The topological polar surface area (TPSA) is 79.3 Å². The van der Waals surface area contributed by atoms with Gasteiger partial charge >= 0.3 is 0 Å². The number of para-hydroxylation sites is 1. The van der Waals surface area contributed by atoms with Crippen molar-refractivity contribution >= 4 is 23.2 Å². The largest absolute Gasteiger partial charge is 0.508 e. The zero-order valence-electron chi connectivity index (χ0n) is 18.1. The van der Waals surface area contributed by atoms with Gasteiger partial charge in [-0.25, -0.2) is 9.96 Å². The molecule has 0 spiro atoms. The number of anilines is 2. The predicted molar refractivity (Wildman–Crippen MR) is 123 cm³/mol. The van der Waals surface area contributed by atoms with Crippen LogP contribution in [0.5, 0.6) is 11.5 Å². The van der Waals surface area contributed by atoms with E-state index in [0.717, 1.165) is 12.1 Å². The van der Waals surface area contributed by atoms with Crippen molar-refractivity contribution in [1.82, 2.24) is 0 Å². The summed E-state index contributed by atoms with van der Waals surface area (Å²) in [4.78, 5) is 34.2. The number of hydrogen-bond acceptors (Lipinski definition) is 6. The highest BCUT2D eigenvalue weighted by Crippen LogP contribution is 2.48. The van der Waals surface area contributed by atoms with E-state index in [0.29, 0.717) is 23.6 Å². The molecule has 0 radical (unpaired) electrons. The maximum Gasteiger partial charge on any atom is 0.266 e. The molecule has 0 saturated carbocycles. The quantitative estimate of drug-likeness (QED) is 0.573. The van der Waals surface area contributed by atoms with E-state index in [9.17, 15) is 14.7 Å². The van der Waals surface area contributed by atoms with E-state index < -0.39 is 24.0 Å². The molecule has 0 aromatic heterocycles. The molecule has 2 amide bonds. The minimum absolute atomic E-state index is 0.0836. The van der Waals surface area contributed by atoms with E-state index in [1.807, 2.05) is 43.3 Å². The standard InChI is InChI=1S/C26H24N2O5/c1-2-15-32-21-13-11-18(12-14-21)27-25(30)22-23(17-7-6-10-20(29)16-17)28(33-24(22)26(27)31)19-8-4-3-5-9-19/h3-14,16,22-24,29H,2,15H2,1H3/t22-,23+,24-/m0/s1. The number of hydrogen-bond donors (Lipinski definition) is 1. The van der Waals surface area contributed by atoms with Crippen molar-refractivity contribution in [1.29, 1.82) is 0 Å². The van der Waals surface area contributed by atoms with Gasteiger partial charge in [0.25, 0.3) is 5.91 Å². The van der Waals surface area contributed by atoms with E-state index in [1.54, 1.807) is 47.5 Å². The van der Waals surface area contributed by atoms with Gasteiger partial charge in [-0.2, -0.15) is 0 Å². The van der Waals surface area contributed by atoms with Crippen molar-refractivity contribution in [3.05, 3.63) is 84.4 Å². The van der Waals surface area contributed by atoms with Crippen LogP contribution in [0, 0.1) is 5.92 Å². The van der Waals surface area contributed by atoms with Crippen LogP contribution < -0.4 is 14.7 Å². The van der Waals surface area contributed by atoms with Crippen molar-refractivity contribution in [3.8, 4) is 11.5 Å². The summed E-state index contributed by atoms with van der Waals surface area (Å²) < 4.78 is 5.61. The molecule has 3 atom stereocenters. The Kier molecular flexibility index (Phi) is 5.48. The third-order valence-electron chi connectivity index (χ3n) is 5.91. The number of phenols is 1. The molecule has 1 N–H and O–H groups in total. The molecule has 3 aromatic carbocycles. The zero-order chi connectivity index (χ0) is 22.9. The minimum atomic E-state index is -0.957. The number of aromatic hydroxyl groups is 1. The summed E-state index contributed by atoms with van der Waals surface area (Å²) in [5.41, 5.74) is 1.90. The van der Waals surface area contributed by atoms with Gasteiger partial charge in [0, 0.05) is 0 Å². The van der Waals surface area contributed by atoms with Crippen LogP contribution in [0.1, 0.15) is 24.9 Å². The number of carbonyl (C=O) groups is 2. The summed E-state index contributed by atoms with van der Waals surface area (Å²) in [6.07, 6.45) is -0.0686. The zero-order valence-corrected chi connectivity index (χ0v) is 18.1. The van der Waals surface area contributed by atoms with E-state index >= 15 is 0 Å².